The summed E-state index contributed by atoms with van der Waals surface area (Å²) < 4.78 is 1.49. The fraction of sp³-hybridized carbons (Fsp3) is 0.167. The number of anilines is 2. The lowest BCUT2D eigenvalue weighted by atomic mass is 10.2. The Labute approximate surface area is 120 Å². The van der Waals surface area contributed by atoms with Crippen LogP contribution >= 0.6 is 0 Å². The minimum absolute atomic E-state index is 0.178. The van der Waals surface area contributed by atoms with Gasteiger partial charge in [0.15, 0.2) is 5.69 Å². The summed E-state index contributed by atoms with van der Waals surface area (Å²) in [6.45, 7) is 0.892. The first-order chi connectivity index (χ1) is 10.1. The second kappa shape index (κ2) is 6.48. The molecule has 0 aliphatic rings. The van der Waals surface area contributed by atoms with Gasteiger partial charge in [-0.25, -0.2) is 4.79 Å². The summed E-state index contributed by atoms with van der Waals surface area (Å²) in [5.74, 6) is -0.408. The molecule has 0 radical (unpaired) electrons. The molecule has 21 heavy (non-hydrogen) atoms. The largest absolute Gasteiger partial charge is 0.351 e. The van der Waals surface area contributed by atoms with E-state index in [0.29, 0.717) is 24.5 Å². The molecule has 0 saturated heterocycles. The van der Waals surface area contributed by atoms with Crippen LogP contribution < -0.4 is 22.1 Å². The lowest BCUT2D eigenvalue weighted by Gasteiger charge is -2.06. The molecule has 0 spiro atoms. The number of nitrogens with two attached hydrogens (primary N) is 2. The van der Waals surface area contributed by atoms with E-state index in [1.165, 1.54) is 10.9 Å². The van der Waals surface area contributed by atoms with Crippen LogP contribution in [0.25, 0.3) is 0 Å². The number of aromatic nitrogens is 3. The van der Waals surface area contributed by atoms with E-state index >= 15 is 0 Å². The molecule has 9 heteroatoms. The highest BCUT2D eigenvalue weighted by Gasteiger charge is 2.11. The maximum absolute atomic E-state index is 12.0. The van der Waals surface area contributed by atoms with Crippen molar-refractivity contribution in [3.63, 3.8) is 0 Å². The van der Waals surface area contributed by atoms with Crippen molar-refractivity contribution in [1.82, 2.24) is 15.0 Å². The number of nitrogens with one attached hydrogen (secondary N) is 2. The van der Waals surface area contributed by atoms with Gasteiger partial charge in [0.2, 0.25) is 0 Å². The summed E-state index contributed by atoms with van der Waals surface area (Å²) in [4.78, 5) is 22.8. The molecule has 110 valence electrons. The Hall–Kier alpha value is -2.94. The number of rotatable bonds is 5. The third kappa shape index (κ3) is 4.01. The highest BCUT2D eigenvalue weighted by atomic mass is 16.2. The highest BCUT2D eigenvalue weighted by molar-refractivity contribution is 6.03. The van der Waals surface area contributed by atoms with Gasteiger partial charge in [-0.2, -0.15) is 0 Å². The predicted octanol–water partition coefficient (Wildman–Crippen LogP) is -0.0203. The van der Waals surface area contributed by atoms with Crippen LogP contribution in [0, 0.1) is 0 Å². The Kier molecular flexibility index (Phi) is 4.46. The normalized spacial score (nSPS) is 10.1. The quantitative estimate of drug-likeness (QED) is 0.612. The maximum atomic E-state index is 12.0. The zero-order valence-electron chi connectivity index (χ0n) is 11.1. The van der Waals surface area contributed by atoms with E-state index in [-0.39, 0.29) is 5.69 Å². The molecule has 3 amide bonds. The van der Waals surface area contributed by atoms with Crippen LogP contribution in [0.1, 0.15) is 10.5 Å². The Morgan fingerprint density at radius 3 is 2.62 bits per heavy atom. The smallest absolute Gasteiger partial charge is 0.316 e. The minimum Gasteiger partial charge on any atom is -0.351 e. The number of carbonyl (C=O) groups is 2. The number of nitrogens with zero attached hydrogens (tertiary/aromatic N) is 3. The SMILES string of the molecule is NCCn1cc(C(=O)Nc2cccc(NC(N)=O)c2)nn1. The van der Waals surface area contributed by atoms with E-state index in [9.17, 15) is 9.59 Å². The second-order valence-electron chi connectivity index (χ2n) is 4.18. The van der Waals surface area contributed by atoms with E-state index in [4.69, 9.17) is 11.5 Å². The molecule has 0 fully saturated rings. The molecule has 9 nitrogen and oxygen atoms in total. The number of benzene rings is 1. The first kappa shape index (κ1) is 14.5. The third-order valence-electron chi connectivity index (χ3n) is 2.52. The lowest BCUT2D eigenvalue weighted by Crippen LogP contribution is -2.19. The lowest BCUT2D eigenvalue weighted by molar-refractivity contribution is 0.102. The average molecular weight is 289 g/mol. The average Bonchev–Trinajstić information content (AvgIpc) is 2.87. The Bertz CT molecular complexity index is 653. The van der Waals surface area contributed by atoms with Gasteiger partial charge in [0.1, 0.15) is 0 Å². The molecule has 0 bridgehead atoms. The van der Waals surface area contributed by atoms with Crippen molar-refractivity contribution in [3.05, 3.63) is 36.2 Å². The van der Waals surface area contributed by atoms with Crippen molar-refractivity contribution < 1.29 is 9.59 Å². The molecule has 0 saturated carbocycles. The molecular weight excluding hydrogens is 274 g/mol. The standard InChI is InChI=1S/C12H15N7O2/c13-4-5-19-7-10(17-18-19)11(20)15-8-2-1-3-9(6-8)16-12(14)21/h1-3,6-7H,4-5,13H2,(H,15,20)(H3,14,16,21). The molecule has 0 aliphatic carbocycles. The first-order valence-corrected chi connectivity index (χ1v) is 6.16. The molecule has 1 aromatic carbocycles. The summed E-state index contributed by atoms with van der Waals surface area (Å²) in [6, 6.07) is 5.90. The number of carbonyl (C=O) groups excluding carboxylic acids is 2. The second-order valence-corrected chi connectivity index (χ2v) is 4.18. The van der Waals surface area contributed by atoms with E-state index in [0.717, 1.165) is 0 Å². The number of hydrogen-bond acceptors (Lipinski definition) is 5. The van der Waals surface area contributed by atoms with Crippen LogP contribution in [-0.4, -0.2) is 33.5 Å². The predicted molar refractivity (Wildman–Crippen MR) is 76.7 cm³/mol. The summed E-state index contributed by atoms with van der Waals surface area (Å²) >= 11 is 0. The van der Waals surface area contributed by atoms with Gasteiger partial charge < -0.3 is 22.1 Å². The van der Waals surface area contributed by atoms with Crippen molar-refractivity contribution >= 4 is 23.3 Å². The summed E-state index contributed by atoms with van der Waals surface area (Å²) in [5.41, 5.74) is 11.6. The van der Waals surface area contributed by atoms with Crippen LogP contribution in [0.15, 0.2) is 30.5 Å². The van der Waals surface area contributed by atoms with E-state index < -0.39 is 11.9 Å². The summed E-state index contributed by atoms with van der Waals surface area (Å²) in [7, 11) is 0. The summed E-state index contributed by atoms with van der Waals surface area (Å²) in [6.07, 6.45) is 1.51. The van der Waals surface area contributed by atoms with Crippen LogP contribution in [0.3, 0.4) is 0 Å². The van der Waals surface area contributed by atoms with Crippen LogP contribution in [0.2, 0.25) is 0 Å². The van der Waals surface area contributed by atoms with Gasteiger partial charge in [0.25, 0.3) is 5.91 Å². The molecule has 1 aromatic heterocycles. The molecule has 2 rings (SSSR count). The zero-order valence-corrected chi connectivity index (χ0v) is 11.1. The van der Waals surface area contributed by atoms with Crippen molar-refractivity contribution in [2.45, 2.75) is 6.54 Å². The van der Waals surface area contributed by atoms with Crippen molar-refractivity contribution in [1.29, 1.82) is 0 Å². The van der Waals surface area contributed by atoms with Crippen molar-refractivity contribution in [2.75, 3.05) is 17.2 Å². The number of amides is 3. The van der Waals surface area contributed by atoms with Gasteiger partial charge in [0.05, 0.1) is 12.7 Å². The van der Waals surface area contributed by atoms with Gasteiger partial charge in [0, 0.05) is 17.9 Å². The van der Waals surface area contributed by atoms with Crippen LogP contribution in [-0.2, 0) is 6.54 Å². The van der Waals surface area contributed by atoms with Crippen molar-refractivity contribution in [2.24, 2.45) is 11.5 Å². The topological polar surface area (TPSA) is 141 Å². The molecule has 0 aliphatic heterocycles. The minimum atomic E-state index is -0.678. The number of urea groups is 1. The van der Waals surface area contributed by atoms with E-state index in [2.05, 4.69) is 20.9 Å². The highest BCUT2D eigenvalue weighted by Crippen LogP contribution is 2.15. The maximum Gasteiger partial charge on any atom is 0.316 e. The number of primary amides is 1. The Morgan fingerprint density at radius 1 is 1.24 bits per heavy atom. The molecule has 1 heterocycles. The van der Waals surface area contributed by atoms with Gasteiger partial charge in [-0.15, -0.1) is 5.10 Å². The van der Waals surface area contributed by atoms with Gasteiger partial charge in [-0.1, -0.05) is 11.3 Å². The fourth-order valence-electron chi connectivity index (χ4n) is 1.66. The summed E-state index contributed by atoms with van der Waals surface area (Å²) in [5, 5.41) is 12.6. The molecule has 0 unspecified atom stereocenters. The fourth-order valence-corrected chi connectivity index (χ4v) is 1.66. The Morgan fingerprint density at radius 2 is 1.95 bits per heavy atom. The van der Waals surface area contributed by atoms with Gasteiger partial charge >= 0.3 is 6.03 Å². The van der Waals surface area contributed by atoms with Crippen molar-refractivity contribution in [3.8, 4) is 0 Å². The Balaban J connectivity index is 2.06. The number of hydrogen-bond donors (Lipinski definition) is 4. The van der Waals surface area contributed by atoms with E-state index in [1.807, 2.05) is 0 Å². The van der Waals surface area contributed by atoms with E-state index in [1.54, 1.807) is 24.3 Å². The molecule has 0 atom stereocenters. The molecule has 2 aromatic rings. The van der Waals surface area contributed by atoms with Gasteiger partial charge in [-0.3, -0.25) is 9.48 Å². The van der Waals surface area contributed by atoms with Gasteiger partial charge in [-0.05, 0) is 18.2 Å². The molecule has 6 N–H and O–H groups in total. The third-order valence-corrected chi connectivity index (χ3v) is 2.52. The van der Waals surface area contributed by atoms with Crippen LogP contribution in [0.4, 0.5) is 16.2 Å². The molecular formula is C12H15N7O2. The first-order valence-electron chi connectivity index (χ1n) is 6.16. The monoisotopic (exact) mass is 289 g/mol. The van der Waals surface area contributed by atoms with Crippen LogP contribution in [0.5, 0.6) is 0 Å². The zero-order chi connectivity index (χ0) is 15.2.